The lowest BCUT2D eigenvalue weighted by molar-refractivity contribution is -0.153. The van der Waals surface area contributed by atoms with Crippen LogP contribution >= 0.6 is 0 Å². The van der Waals surface area contributed by atoms with Crippen LogP contribution in [0.25, 0.3) is 17.1 Å². The highest BCUT2D eigenvalue weighted by atomic mass is 16.6. The molecule has 4 atom stereocenters. The van der Waals surface area contributed by atoms with Crippen molar-refractivity contribution in [2.75, 3.05) is 47.2 Å². The zero-order chi connectivity index (χ0) is 31.5. The molecule has 3 aliphatic carbocycles. The molecule has 1 saturated carbocycles. The van der Waals surface area contributed by atoms with Crippen molar-refractivity contribution >= 4 is 35.1 Å². The highest BCUT2D eigenvalue weighted by Gasteiger charge is 2.64. The van der Waals surface area contributed by atoms with Crippen LogP contribution in [-0.4, -0.2) is 103 Å². The number of hydrogen-bond acceptors (Lipinski definition) is 12. The molecular weight excluding hydrogens is 560 g/mol. The monoisotopic (exact) mass is 594 g/mol. The minimum atomic E-state index is -2.67. The number of furan rings is 1. The number of aliphatic hydroxyl groups is 3. The maximum atomic E-state index is 14.2. The van der Waals surface area contributed by atoms with Crippen molar-refractivity contribution in [2.24, 2.45) is 17.0 Å². The highest BCUT2D eigenvalue weighted by molar-refractivity contribution is 6.25. The fraction of sp³-hybridized carbons (Fsp3) is 0.400. The average molecular weight is 595 g/mol. The predicted molar refractivity (Wildman–Crippen MR) is 156 cm³/mol. The van der Waals surface area contributed by atoms with Gasteiger partial charge in [0.05, 0.1) is 17.2 Å². The molecule has 0 spiro atoms. The van der Waals surface area contributed by atoms with Crippen LogP contribution in [0.4, 0.5) is 5.69 Å². The largest absolute Gasteiger partial charge is 0.508 e. The summed E-state index contributed by atoms with van der Waals surface area (Å²) in [5, 5.41) is 52.3. The second kappa shape index (κ2) is 10.6. The summed E-state index contributed by atoms with van der Waals surface area (Å²) in [5.41, 5.74) is -2.19. The zero-order valence-electron chi connectivity index (χ0n) is 24.6. The van der Waals surface area contributed by atoms with Crippen molar-refractivity contribution in [2.45, 2.75) is 24.5 Å². The quantitative estimate of drug-likeness (QED) is 0.186. The molecule has 13 heteroatoms. The number of aromatic hydroxyl groups is 1. The van der Waals surface area contributed by atoms with Crippen LogP contribution < -0.4 is 10.2 Å². The van der Waals surface area contributed by atoms with Gasteiger partial charge < -0.3 is 39.9 Å². The Morgan fingerprint density at radius 2 is 1.88 bits per heavy atom. The van der Waals surface area contributed by atoms with E-state index in [1.165, 1.54) is 25.3 Å². The van der Waals surface area contributed by atoms with Crippen LogP contribution in [0.2, 0.25) is 0 Å². The van der Waals surface area contributed by atoms with Crippen LogP contribution in [0.15, 0.2) is 44.7 Å². The minimum Gasteiger partial charge on any atom is -0.508 e. The first-order valence-corrected chi connectivity index (χ1v) is 13.6. The lowest BCUT2D eigenvalue weighted by atomic mass is 9.57. The van der Waals surface area contributed by atoms with Crippen molar-refractivity contribution in [3.63, 3.8) is 0 Å². The summed E-state index contributed by atoms with van der Waals surface area (Å²) in [4.78, 5) is 48.3. The average Bonchev–Trinajstić information content (AvgIpc) is 3.42. The molecule has 5 rings (SSSR count). The summed E-state index contributed by atoms with van der Waals surface area (Å²) in [6.45, 7) is 0. The molecule has 0 aliphatic heterocycles. The number of benzene rings is 1. The fourth-order valence-electron chi connectivity index (χ4n) is 6.66. The minimum absolute atomic E-state index is 0.0163. The van der Waals surface area contributed by atoms with E-state index in [1.807, 2.05) is 0 Å². The number of fused-ring (bicyclic) bond motifs is 3. The molecule has 1 fully saturated rings. The second-order valence-electron chi connectivity index (χ2n) is 11.3. The van der Waals surface area contributed by atoms with Crippen LogP contribution in [0.3, 0.4) is 0 Å². The molecule has 1 amide bonds. The Morgan fingerprint density at radius 1 is 1.19 bits per heavy atom. The van der Waals surface area contributed by atoms with E-state index in [4.69, 9.17) is 4.42 Å². The second-order valence-corrected chi connectivity index (χ2v) is 11.3. The number of ketones is 2. The number of oxime groups is 1. The third-order valence-electron chi connectivity index (χ3n) is 8.56. The smallest absolute Gasteiger partial charge is 0.258 e. The van der Waals surface area contributed by atoms with Crippen LogP contribution in [0.1, 0.15) is 23.3 Å². The Bertz CT molecular complexity index is 1630. The Morgan fingerprint density at radius 3 is 2.49 bits per heavy atom. The summed E-state index contributed by atoms with van der Waals surface area (Å²) >= 11 is 0. The lowest BCUT2D eigenvalue weighted by Crippen LogP contribution is -2.65. The molecule has 13 nitrogen and oxygen atoms in total. The van der Waals surface area contributed by atoms with E-state index in [2.05, 4.69) is 15.3 Å². The molecule has 3 aliphatic rings. The van der Waals surface area contributed by atoms with Crippen molar-refractivity contribution < 1.29 is 44.1 Å². The molecule has 2 aromatic rings. The SMILES string of the molecule is CNC(=O)C1=C(O)[C@@]2(O)C(=O)C3=C(O)c4c(O)c(-c5ccc(/C=N/OC)o5)cc(N(C)C)c4C[C@H]3C[C@H]2C(N(C)C)C1=O. The number of nitrogens with zero attached hydrogens (tertiary/aromatic N) is 3. The summed E-state index contributed by atoms with van der Waals surface area (Å²) < 4.78 is 5.81. The van der Waals surface area contributed by atoms with Gasteiger partial charge in [-0.15, -0.1) is 0 Å². The highest BCUT2D eigenvalue weighted by Crippen LogP contribution is 2.55. The topological polar surface area (TPSA) is 185 Å². The normalized spacial score (nSPS) is 25.2. The number of amides is 1. The number of carbonyl (C=O) groups excluding carboxylic acids is 3. The van der Waals surface area contributed by atoms with Gasteiger partial charge in [0, 0.05) is 38.3 Å². The van der Waals surface area contributed by atoms with Gasteiger partial charge in [-0.25, -0.2) is 0 Å². The molecule has 5 N–H and O–H groups in total. The van der Waals surface area contributed by atoms with E-state index >= 15 is 0 Å². The third-order valence-corrected chi connectivity index (χ3v) is 8.56. The number of rotatable bonds is 6. The van der Waals surface area contributed by atoms with Crippen molar-refractivity contribution in [3.05, 3.63) is 52.0 Å². The molecule has 1 unspecified atom stereocenters. The molecule has 1 aromatic carbocycles. The molecule has 0 saturated heterocycles. The van der Waals surface area contributed by atoms with Crippen LogP contribution in [-0.2, 0) is 25.6 Å². The number of aliphatic hydroxyl groups excluding tert-OH is 2. The van der Waals surface area contributed by atoms with E-state index < -0.39 is 58.0 Å². The first kappa shape index (κ1) is 29.9. The molecule has 1 heterocycles. The first-order chi connectivity index (χ1) is 20.3. The summed E-state index contributed by atoms with van der Waals surface area (Å²) in [7, 11) is 9.40. The van der Waals surface area contributed by atoms with Gasteiger partial charge in [-0.2, -0.15) is 0 Å². The predicted octanol–water partition coefficient (Wildman–Crippen LogP) is 1.53. The summed E-state index contributed by atoms with van der Waals surface area (Å²) in [5.74, 6) is -5.87. The summed E-state index contributed by atoms with van der Waals surface area (Å²) in [6.07, 6.45) is 1.55. The fourth-order valence-corrected chi connectivity index (χ4v) is 6.66. The number of phenolic OH excluding ortho intramolecular Hbond substituents is 1. The van der Waals surface area contributed by atoms with Gasteiger partial charge in [0.1, 0.15) is 47.7 Å². The Balaban J connectivity index is 1.73. The number of phenols is 1. The number of nitrogens with one attached hydrogen (secondary N) is 1. The number of likely N-dealkylation sites (N-methyl/N-ethyl adjacent to an activating group) is 2. The van der Waals surface area contributed by atoms with Gasteiger partial charge in [0.2, 0.25) is 5.78 Å². The molecule has 1 aromatic heterocycles. The lowest BCUT2D eigenvalue weighted by Gasteiger charge is -2.50. The molecule has 228 valence electrons. The van der Waals surface area contributed by atoms with E-state index in [1.54, 1.807) is 51.3 Å². The molecular formula is C30H34N4O9. The van der Waals surface area contributed by atoms with Gasteiger partial charge in [0.15, 0.2) is 11.4 Å². The standard InChI is InChI=1S/C30H34N4O9/c1-31-29(40)22-26(37)23(34(4)5)17-10-13-9-15-18(33(2)3)11-16(19-8-7-14(43-19)12-32-42-6)24(35)21(15)25(36)20(13)27(38)30(17,41)28(22)39/h7-8,11-13,17,23,35-36,39,41H,9-10H2,1-6H3,(H,31,40)/b32-12+/t13-,17-,23?,30-/m0/s1. The molecule has 0 bridgehead atoms. The maximum Gasteiger partial charge on any atom is 0.258 e. The third kappa shape index (κ3) is 4.29. The molecule has 0 radical (unpaired) electrons. The zero-order valence-corrected chi connectivity index (χ0v) is 24.6. The van der Waals surface area contributed by atoms with Crippen LogP contribution in [0, 0.1) is 11.8 Å². The van der Waals surface area contributed by atoms with E-state index in [0.717, 1.165) is 0 Å². The number of carbonyl (C=O) groups is 3. The van der Waals surface area contributed by atoms with Gasteiger partial charge in [-0.05, 0) is 56.6 Å². The van der Waals surface area contributed by atoms with E-state index in [0.29, 0.717) is 17.0 Å². The van der Waals surface area contributed by atoms with Gasteiger partial charge >= 0.3 is 0 Å². The van der Waals surface area contributed by atoms with Crippen molar-refractivity contribution in [3.8, 4) is 17.1 Å². The number of hydrogen-bond donors (Lipinski definition) is 5. The number of anilines is 1. The van der Waals surface area contributed by atoms with Crippen molar-refractivity contribution in [1.29, 1.82) is 0 Å². The van der Waals surface area contributed by atoms with Gasteiger partial charge in [-0.1, -0.05) is 5.16 Å². The van der Waals surface area contributed by atoms with Gasteiger partial charge in [-0.3, -0.25) is 19.3 Å². The summed E-state index contributed by atoms with van der Waals surface area (Å²) in [6, 6.07) is 3.82. The maximum absolute atomic E-state index is 14.2. The Hall–Kier alpha value is -4.62. The van der Waals surface area contributed by atoms with Crippen LogP contribution in [0.5, 0.6) is 5.75 Å². The number of Topliss-reactive ketones (excluding diaryl/α,β-unsaturated/α-hetero) is 2. The first-order valence-electron chi connectivity index (χ1n) is 13.6. The molecule has 43 heavy (non-hydrogen) atoms. The van der Waals surface area contributed by atoms with E-state index in [9.17, 15) is 34.8 Å². The van der Waals surface area contributed by atoms with Crippen molar-refractivity contribution in [1.82, 2.24) is 10.2 Å². The van der Waals surface area contributed by atoms with Gasteiger partial charge in [0.25, 0.3) is 5.91 Å². The Labute approximate surface area is 247 Å². The van der Waals surface area contributed by atoms with E-state index in [-0.39, 0.29) is 41.1 Å². The Kier molecular flexibility index (Phi) is 7.35.